The van der Waals surface area contributed by atoms with E-state index in [-0.39, 0.29) is 50.7 Å². The van der Waals surface area contributed by atoms with E-state index in [1.165, 1.54) is 39.4 Å². The van der Waals surface area contributed by atoms with Crippen molar-refractivity contribution in [2.24, 2.45) is 34.6 Å². The summed E-state index contributed by atoms with van der Waals surface area (Å²) in [5.74, 6) is -8.94. The molecule has 5 aliphatic rings. The Morgan fingerprint density at radius 1 is 0.954 bits per heavy atom. The van der Waals surface area contributed by atoms with Crippen molar-refractivity contribution in [3.8, 4) is 11.5 Å². The number of rotatable bonds is 7. The number of likely N-dealkylation sites (tertiary alicyclic amines) is 1. The van der Waals surface area contributed by atoms with Gasteiger partial charge >= 0.3 is 17.7 Å². The minimum atomic E-state index is -2.03. The number of aliphatic carboxylic acids is 1. The van der Waals surface area contributed by atoms with E-state index in [0.29, 0.717) is 31.8 Å². The van der Waals surface area contributed by atoms with Gasteiger partial charge in [-0.2, -0.15) is 0 Å². The van der Waals surface area contributed by atoms with E-state index in [2.05, 4.69) is 29.4 Å². The van der Waals surface area contributed by atoms with Gasteiger partial charge in [0.15, 0.2) is 0 Å². The molecule has 354 valence electrons. The maximum Gasteiger partial charge on any atom is 0.312 e. The smallest absolute Gasteiger partial charge is 0.312 e. The predicted octanol–water partition coefficient (Wildman–Crippen LogP) is 4.46. The molecule has 9 atom stereocenters. The van der Waals surface area contributed by atoms with Crippen molar-refractivity contribution in [2.75, 3.05) is 26.7 Å². The van der Waals surface area contributed by atoms with Crippen LogP contribution in [0.3, 0.4) is 0 Å². The molecule has 4 aliphatic heterocycles. The highest BCUT2D eigenvalue weighted by Crippen LogP contribution is 2.50. The number of phenols is 1. The second kappa shape index (κ2) is 19.2. The molecular formula is C48H64N4O13. The molecule has 1 aromatic rings. The Labute approximate surface area is 379 Å². The lowest BCUT2D eigenvalue weighted by atomic mass is 9.78. The highest BCUT2D eigenvalue weighted by molar-refractivity contribution is 6.34. The van der Waals surface area contributed by atoms with Crippen LogP contribution < -0.4 is 15.4 Å². The minimum absolute atomic E-state index is 0.00776. The van der Waals surface area contributed by atoms with Gasteiger partial charge in [0.2, 0.25) is 5.78 Å². The summed E-state index contributed by atoms with van der Waals surface area (Å²) in [5, 5.41) is 50.5. The Morgan fingerprint density at radius 3 is 2.26 bits per heavy atom. The van der Waals surface area contributed by atoms with Crippen molar-refractivity contribution in [1.82, 2.24) is 15.5 Å². The van der Waals surface area contributed by atoms with Crippen LogP contribution in [0.2, 0.25) is 0 Å². The highest BCUT2D eigenvalue weighted by Gasteiger charge is 2.54. The van der Waals surface area contributed by atoms with Gasteiger partial charge in [-0.3, -0.25) is 29.0 Å². The number of carboxylic acid groups (broad SMARTS) is 1. The number of carbonyl (C=O) groups is 5. The molecule has 1 amide bonds. The van der Waals surface area contributed by atoms with Crippen LogP contribution in [0.5, 0.6) is 11.5 Å². The third-order valence-corrected chi connectivity index (χ3v) is 13.5. The number of hydrogen-bond donors (Lipinski definition) is 6. The van der Waals surface area contributed by atoms with Crippen molar-refractivity contribution in [2.45, 2.75) is 124 Å². The fourth-order valence-corrected chi connectivity index (χ4v) is 9.50. The number of Topliss-reactive ketones (excluding diaryl/α,β-unsaturated/α-hetero) is 2. The SMILES string of the molecule is CO[C@H]1/C=C/O[C@@]2(C)Oc3c(C)c(O)c4c(c3C2=O)C2=NC3(CCN(CC(C)C)CC3)NC2=C(NC(=O)/C(C)=C\C=C\[C@H](C)[C@H](O)[C@@H](C)[C@@H](O)[C@@H](C)[C@H](OC(=O)CCC(=O)O)[C@@H]1C)C4=O. The summed E-state index contributed by atoms with van der Waals surface area (Å²) in [7, 11) is 1.41. The molecule has 0 unspecified atom stereocenters. The van der Waals surface area contributed by atoms with Crippen LogP contribution in [-0.4, -0.2) is 123 Å². The molecule has 65 heavy (non-hydrogen) atoms. The number of fused-ring (bicyclic) bond motifs is 3. The third-order valence-electron chi connectivity index (χ3n) is 13.5. The Kier molecular flexibility index (Phi) is 14.5. The Morgan fingerprint density at radius 2 is 1.63 bits per heavy atom. The van der Waals surface area contributed by atoms with Gasteiger partial charge in [0.1, 0.15) is 29.0 Å². The molecule has 17 heteroatoms. The lowest BCUT2D eigenvalue weighted by Gasteiger charge is -2.38. The van der Waals surface area contributed by atoms with Gasteiger partial charge in [0.05, 0.1) is 60.0 Å². The summed E-state index contributed by atoms with van der Waals surface area (Å²) in [4.78, 5) is 75.3. The quantitative estimate of drug-likeness (QED) is 0.207. The van der Waals surface area contributed by atoms with Gasteiger partial charge in [-0.1, -0.05) is 59.8 Å². The zero-order chi connectivity index (χ0) is 47.9. The van der Waals surface area contributed by atoms with E-state index in [1.807, 2.05) is 0 Å². The average Bonchev–Trinajstić information content (AvgIpc) is 3.76. The second-order valence-corrected chi connectivity index (χ2v) is 18.8. The van der Waals surface area contributed by atoms with Crippen molar-refractivity contribution in [1.29, 1.82) is 0 Å². The van der Waals surface area contributed by atoms with E-state index in [1.54, 1.807) is 46.8 Å². The molecule has 1 saturated heterocycles. The van der Waals surface area contributed by atoms with E-state index < -0.39 is 108 Å². The lowest BCUT2D eigenvalue weighted by Crippen LogP contribution is -2.50. The molecule has 1 aliphatic carbocycles. The van der Waals surface area contributed by atoms with E-state index >= 15 is 0 Å². The number of ketones is 2. The number of piperidine rings is 1. The number of aliphatic hydroxyl groups is 2. The number of nitrogens with one attached hydrogen (secondary N) is 2. The molecule has 0 aromatic heterocycles. The van der Waals surface area contributed by atoms with Crippen LogP contribution in [0.1, 0.15) is 113 Å². The number of ether oxygens (including phenoxy) is 4. The molecule has 1 fully saturated rings. The lowest BCUT2D eigenvalue weighted by molar-refractivity contribution is -0.164. The number of benzene rings is 1. The largest absolute Gasteiger partial charge is 0.507 e. The van der Waals surface area contributed by atoms with Crippen molar-refractivity contribution in [3.63, 3.8) is 0 Å². The molecule has 1 aromatic carbocycles. The first kappa shape index (κ1) is 49.1. The molecule has 5 bridgehead atoms. The number of aromatic hydroxyl groups is 1. The third kappa shape index (κ3) is 9.65. The number of amides is 1. The van der Waals surface area contributed by atoms with Crippen LogP contribution in [0, 0.1) is 36.5 Å². The number of nitrogens with zero attached hydrogens (tertiary/aromatic N) is 2. The fraction of sp³-hybridized carbons (Fsp3) is 0.583. The van der Waals surface area contributed by atoms with Crippen LogP contribution in [0.25, 0.3) is 0 Å². The number of aliphatic imine (C=N–C) groups is 1. The number of allylic oxidation sites excluding steroid dienone is 4. The summed E-state index contributed by atoms with van der Waals surface area (Å²) in [5.41, 5.74) is -0.473. The van der Waals surface area contributed by atoms with Gasteiger partial charge in [0, 0.05) is 86.9 Å². The maximum absolute atomic E-state index is 14.8. The Bertz CT molecular complexity index is 2250. The molecule has 17 nitrogen and oxygen atoms in total. The Balaban J connectivity index is 1.47. The molecule has 6 N–H and O–H groups in total. The van der Waals surface area contributed by atoms with E-state index in [0.717, 1.165) is 6.54 Å². The number of hydrogen-bond acceptors (Lipinski definition) is 15. The summed E-state index contributed by atoms with van der Waals surface area (Å²) in [6.45, 7) is 17.8. The topological polar surface area (TPSA) is 243 Å². The standard InChI is InChI=1S/C48H64N4O13/c1-23(2)22-52-19-17-48(18-20-52)50-36-33-34-41(58)29(8)44-35(33)45(60)47(9,65-44)63-21-16-30(62-10)26(5)43(64-32(55)15-14-31(53)54)28(7)40(57)27(6)39(56)24(3)12-11-13-25(4)46(61)49-38(42(34)59)37(36)51-48/h11-13,16,21,23-24,26-28,30,39-40,43,51,56-58H,14-15,17-20,22H2,1-10H3,(H,49,61)(H,53,54)/b12-11+,21-16+,25-13-/t24-,26+,27+,28+,30-,39-,40+,43+,47-/m0/s1. The maximum atomic E-state index is 14.8. The van der Waals surface area contributed by atoms with Gasteiger partial charge in [-0.25, -0.2) is 0 Å². The zero-order valence-corrected chi connectivity index (χ0v) is 38.9. The van der Waals surface area contributed by atoms with Crippen LogP contribution in [-0.2, 0) is 28.6 Å². The molecule has 4 heterocycles. The number of carbonyl (C=O) groups excluding carboxylic acids is 4. The first-order valence-corrected chi connectivity index (χ1v) is 22.4. The van der Waals surface area contributed by atoms with Gasteiger partial charge in [-0.05, 0) is 25.8 Å². The second-order valence-electron chi connectivity index (χ2n) is 18.8. The highest BCUT2D eigenvalue weighted by atomic mass is 16.7. The predicted molar refractivity (Wildman–Crippen MR) is 238 cm³/mol. The first-order valence-electron chi connectivity index (χ1n) is 22.4. The average molecular weight is 905 g/mol. The van der Waals surface area contributed by atoms with Crippen molar-refractivity contribution in [3.05, 3.63) is 69.8 Å². The van der Waals surface area contributed by atoms with Gasteiger partial charge < -0.3 is 54.9 Å². The number of carboxylic acids is 1. The first-order chi connectivity index (χ1) is 30.5. The van der Waals surface area contributed by atoms with Crippen molar-refractivity contribution >= 4 is 35.1 Å². The minimum Gasteiger partial charge on any atom is -0.507 e. The van der Waals surface area contributed by atoms with E-state index in [9.17, 15) is 44.4 Å². The Hall–Kier alpha value is -5.36. The summed E-state index contributed by atoms with van der Waals surface area (Å²) in [6.07, 6.45) is 3.35. The van der Waals surface area contributed by atoms with Crippen molar-refractivity contribution < 1.29 is 63.3 Å². The molecule has 0 radical (unpaired) electrons. The number of methoxy groups -OCH3 is 1. The molecule has 0 saturated carbocycles. The monoisotopic (exact) mass is 904 g/mol. The molecule has 1 spiro atoms. The number of esters is 1. The molecular weight excluding hydrogens is 841 g/mol. The molecule has 6 rings (SSSR count). The van der Waals surface area contributed by atoms with Crippen LogP contribution >= 0.6 is 0 Å². The summed E-state index contributed by atoms with van der Waals surface area (Å²) in [6, 6.07) is 0. The van der Waals surface area contributed by atoms with E-state index in [4.69, 9.17) is 23.9 Å². The van der Waals surface area contributed by atoms with Gasteiger partial charge in [0.25, 0.3) is 11.7 Å². The van der Waals surface area contributed by atoms with Gasteiger partial charge in [-0.15, -0.1) is 0 Å². The van der Waals surface area contributed by atoms with Crippen LogP contribution in [0.15, 0.2) is 52.5 Å². The normalized spacial score (nSPS) is 32.4. The number of phenolic OH excluding ortho intramolecular Hbond substituents is 1. The van der Waals surface area contributed by atoms with Crippen LogP contribution in [0.4, 0.5) is 0 Å². The zero-order valence-electron chi connectivity index (χ0n) is 38.9. The number of aliphatic hydroxyl groups excluding tert-OH is 2. The fourth-order valence-electron chi connectivity index (χ4n) is 9.50. The summed E-state index contributed by atoms with van der Waals surface area (Å²) >= 11 is 0. The summed E-state index contributed by atoms with van der Waals surface area (Å²) < 4.78 is 24.0.